The maximum Gasteiger partial charge on any atom is 0.164 e. The Kier molecular flexibility index (Phi) is 3.75. The summed E-state index contributed by atoms with van der Waals surface area (Å²) < 4.78 is 27.5. The van der Waals surface area contributed by atoms with Gasteiger partial charge < -0.3 is 0 Å². The second kappa shape index (κ2) is 5.14. The molecule has 1 aromatic carbocycles. The first-order valence-electron chi connectivity index (χ1n) is 5.49. The minimum Gasteiger partial charge on any atom is -0.271 e. The fraction of sp³-hybridized carbons (Fsp3) is 0.231. The van der Waals surface area contributed by atoms with Crippen LogP contribution in [0.5, 0.6) is 0 Å². The number of benzene rings is 1. The molecule has 1 heterocycles. The van der Waals surface area contributed by atoms with Crippen LogP contribution in [-0.4, -0.2) is 0 Å². The van der Waals surface area contributed by atoms with E-state index in [1.165, 1.54) is 18.3 Å². The molecule has 96 valence electrons. The summed E-state index contributed by atoms with van der Waals surface area (Å²) in [5.41, 5.74) is 4.93. The molecule has 1 unspecified atom stereocenters. The van der Waals surface area contributed by atoms with E-state index >= 15 is 0 Å². The number of nitrogens with two attached hydrogens (primary N) is 1. The van der Waals surface area contributed by atoms with E-state index in [4.69, 9.17) is 5.84 Å². The molecule has 0 spiro atoms. The van der Waals surface area contributed by atoms with Crippen molar-refractivity contribution in [2.45, 2.75) is 19.9 Å². The third-order valence-corrected chi connectivity index (χ3v) is 3.87. The highest BCUT2D eigenvalue weighted by Crippen LogP contribution is 2.30. The molecule has 5 heteroatoms. The Morgan fingerprint density at radius 1 is 1.06 bits per heavy atom. The van der Waals surface area contributed by atoms with Crippen molar-refractivity contribution in [2.75, 3.05) is 0 Å². The average Bonchev–Trinajstić information content (AvgIpc) is 2.77. The lowest BCUT2D eigenvalue weighted by Crippen LogP contribution is -2.30. The number of halogens is 2. The lowest BCUT2D eigenvalue weighted by Gasteiger charge is -2.18. The average molecular weight is 268 g/mol. The molecule has 0 aliphatic rings. The largest absolute Gasteiger partial charge is 0.271 e. The second-order valence-electron chi connectivity index (χ2n) is 4.21. The van der Waals surface area contributed by atoms with Crippen molar-refractivity contribution in [2.24, 2.45) is 5.84 Å². The highest BCUT2D eigenvalue weighted by molar-refractivity contribution is 7.08. The summed E-state index contributed by atoms with van der Waals surface area (Å²) in [6, 6.07) is 2.58. The topological polar surface area (TPSA) is 38.0 Å². The van der Waals surface area contributed by atoms with Crippen LogP contribution < -0.4 is 11.3 Å². The first kappa shape index (κ1) is 13.1. The number of thiophene rings is 1. The van der Waals surface area contributed by atoms with Crippen LogP contribution in [0.2, 0.25) is 0 Å². The van der Waals surface area contributed by atoms with Crippen LogP contribution in [0.25, 0.3) is 0 Å². The van der Waals surface area contributed by atoms with Gasteiger partial charge in [-0.2, -0.15) is 11.3 Å². The van der Waals surface area contributed by atoms with Crippen LogP contribution in [0.4, 0.5) is 8.78 Å². The molecule has 2 nitrogen and oxygen atoms in total. The van der Waals surface area contributed by atoms with E-state index in [0.29, 0.717) is 0 Å². The quantitative estimate of drug-likeness (QED) is 0.662. The van der Waals surface area contributed by atoms with E-state index in [2.05, 4.69) is 5.43 Å². The van der Waals surface area contributed by atoms with E-state index in [1.54, 1.807) is 12.1 Å². The number of aryl methyl sites for hydroxylation is 2. The summed E-state index contributed by atoms with van der Waals surface area (Å²) in [7, 11) is 0. The molecule has 1 atom stereocenters. The Morgan fingerprint density at radius 2 is 1.78 bits per heavy atom. The highest BCUT2D eigenvalue weighted by Gasteiger charge is 2.21. The monoisotopic (exact) mass is 268 g/mol. The van der Waals surface area contributed by atoms with Crippen molar-refractivity contribution in [3.8, 4) is 0 Å². The zero-order chi connectivity index (χ0) is 13.3. The van der Waals surface area contributed by atoms with E-state index in [0.717, 1.165) is 11.1 Å². The molecule has 0 aliphatic heterocycles. The van der Waals surface area contributed by atoms with Gasteiger partial charge in [0.25, 0.3) is 0 Å². The van der Waals surface area contributed by atoms with Crippen LogP contribution in [0, 0.1) is 25.5 Å². The fourth-order valence-electron chi connectivity index (χ4n) is 1.90. The zero-order valence-corrected chi connectivity index (χ0v) is 10.9. The zero-order valence-electron chi connectivity index (χ0n) is 10.1. The van der Waals surface area contributed by atoms with Crippen molar-refractivity contribution in [1.82, 2.24) is 5.43 Å². The molecule has 1 aromatic heterocycles. The predicted octanol–water partition coefficient (Wildman–Crippen LogP) is 3.20. The van der Waals surface area contributed by atoms with Crippen molar-refractivity contribution in [3.05, 3.63) is 56.8 Å². The van der Waals surface area contributed by atoms with Gasteiger partial charge in [0.05, 0.1) is 6.04 Å². The van der Waals surface area contributed by atoms with Crippen LogP contribution >= 0.6 is 11.3 Å². The molecule has 18 heavy (non-hydrogen) atoms. The summed E-state index contributed by atoms with van der Waals surface area (Å²) in [4.78, 5) is 0. The first-order valence-corrected chi connectivity index (χ1v) is 6.43. The van der Waals surface area contributed by atoms with E-state index in [9.17, 15) is 8.78 Å². The van der Waals surface area contributed by atoms with Gasteiger partial charge in [0.15, 0.2) is 11.6 Å². The summed E-state index contributed by atoms with van der Waals surface area (Å²) >= 11 is 1.51. The number of hydrogen-bond donors (Lipinski definition) is 2. The van der Waals surface area contributed by atoms with Crippen LogP contribution in [-0.2, 0) is 0 Å². The number of nitrogens with one attached hydrogen (secondary N) is 1. The van der Waals surface area contributed by atoms with Crippen LogP contribution in [0.15, 0.2) is 22.9 Å². The van der Waals surface area contributed by atoms with Gasteiger partial charge in [-0.3, -0.25) is 5.84 Å². The molecule has 0 bridgehead atoms. The highest BCUT2D eigenvalue weighted by atomic mass is 32.1. The van der Waals surface area contributed by atoms with Gasteiger partial charge in [-0.25, -0.2) is 14.2 Å². The van der Waals surface area contributed by atoms with Gasteiger partial charge in [-0.05, 0) is 41.3 Å². The molecule has 3 N–H and O–H groups in total. The molecule has 0 saturated heterocycles. The van der Waals surface area contributed by atoms with Crippen LogP contribution in [0.1, 0.15) is 28.3 Å². The van der Waals surface area contributed by atoms with E-state index in [-0.39, 0.29) is 11.1 Å². The van der Waals surface area contributed by atoms with Gasteiger partial charge in [-0.1, -0.05) is 12.1 Å². The Balaban J connectivity index is 2.53. The van der Waals surface area contributed by atoms with Crippen LogP contribution in [0.3, 0.4) is 0 Å². The summed E-state index contributed by atoms with van der Waals surface area (Å²) in [5.74, 6) is 3.82. The molecule has 2 rings (SSSR count). The lowest BCUT2D eigenvalue weighted by atomic mass is 9.97. The van der Waals surface area contributed by atoms with Crippen molar-refractivity contribution in [1.29, 1.82) is 0 Å². The maximum absolute atomic E-state index is 14.0. The molecule has 0 saturated carbocycles. The Morgan fingerprint density at radius 3 is 2.33 bits per heavy atom. The number of hydrazine groups is 1. The normalized spacial score (nSPS) is 12.7. The molecule has 0 amide bonds. The molecular formula is C13H14F2N2S. The second-order valence-corrected chi connectivity index (χ2v) is 4.95. The third-order valence-electron chi connectivity index (χ3n) is 2.99. The smallest absolute Gasteiger partial charge is 0.164 e. The number of hydrogen-bond acceptors (Lipinski definition) is 3. The van der Waals surface area contributed by atoms with Gasteiger partial charge in [0, 0.05) is 5.56 Å². The van der Waals surface area contributed by atoms with Crippen molar-refractivity contribution >= 4 is 11.3 Å². The van der Waals surface area contributed by atoms with Gasteiger partial charge >= 0.3 is 0 Å². The first-order chi connectivity index (χ1) is 8.56. The lowest BCUT2D eigenvalue weighted by molar-refractivity contribution is 0.478. The fourth-order valence-corrected chi connectivity index (χ4v) is 2.77. The molecule has 0 radical (unpaired) electrons. The summed E-state index contributed by atoms with van der Waals surface area (Å²) in [5, 5.41) is 3.83. The van der Waals surface area contributed by atoms with E-state index in [1.807, 2.05) is 17.7 Å². The predicted molar refractivity (Wildman–Crippen MR) is 69.3 cm³/mol. The maximum atomic E-state index is 14.0. The van der Waals surface area contributed by atoms with Gasteiger partial charge in [-0.15, -0.1) is 0 Å². The molecular weight excluding hydrogens is 254 g/mol. The SMILES string of the molecule is Cc1cscc1C(NN)c1ccc(C)c(F)c1F. The minimum absolute atomic E-state index is 0.224. The van der Waals surface area contributed by atoms with Crippen molar-refractivity contribution < 1.29 is 8.78 Å². The van der Waals surface area contributed by atoms with Crippen molar-refractivity contribution in [3.63, 3.8) is 0 Å². The standard InChI is InChI=1S/C13H14F2N2S/c1-7-3-4-9(12(15)11(7)14)13(17-16)10-6-18-5-8(10)2/h3-6,13,17H,16H2,1-2H3. The summed E-state index contributed by atoms with van der Waals surface area (Å²) in [6.07, 6.45) is 0. The van der Waals surface area contributed by atoms with Gasteiger partial charge in [0.2, 0.25) is 0 Å². The van der Waals surface area contributed by atoms with E-state index < -0.39 is 17.7 Å². The Hall–Kier alpha value is -1.30. The third kappa shape index (κ3) is 2.16. The molecule has 0 fully saturated rings. The Bertz CT molecular complexity index is 566. The minimum atomic E-state index is -0.844. The molecule has 0 aliphatic carbocycles. The number of rotatable bonds is 3. The summed E-state index contributed by atoms with van der Waals surface area (Å²) in [6.45, 7) is 3.45. The Labute approximate surface area is 108 Å². The van der Waals surface area contributed by atoms with Gasteiger partial charge in [0.1, 0.15) is 0 Å². The molecule has 2 aromatic rings.